The minimum atomic E-state index is 0.399. The molecule has 18 heavy (non-hydrogen) atoms. The van der Waals surface area contributed by atoms with E-state index in [1.165, 1.54) is 28.4 Å². The summed E-state index contributed by atoms with van der Waals surface area (Å²) >= 11 is 2.35. The summed E-state index contributed by atoms with van der Waals surface area (Å²) in [6.45, 7) is 4.22. The highest BCUT2D eigenvalue weighted by Gasteiger charge is 2.25. The van der Waals surface area contributed by atoms with Gasteiger partial charge in [0.15, 0.2) is 0 Å². The number of ether oxygens (including phenoxy) is 1. The van der Waals surface area contributed by atoms with E-state index in [9.17, 15) is 0 Å². The summed E-state index contributed by atoms with van der Waals surface area (Å²) in [7, 11) is 0. The maximum Gasteiger partial charge on any atom is 0.0732 e. The Bertz CT molecular complexity index is 346. The van der Waals surface area contributed by atoms with E-state index in [1.807, 2.05) is 0 Å². The van der Waals surface area contributed by atoms with Crippen molar-refractivity contribution >= 4 is 22.6 Å². The van der Waals surface area contributed by atoms with Crippen molar-refractivity contribution in [2.24, 2.45) is 0 Å². The molecule has 2 unspecified atom stereocenters. The normalized spacial score (nSPS) is 21.1. The van der Waals surface area contributed by atoms with Crippen LogP contribution in [0.1, 0.15) is 31.7 Å². The van der Waals surface area contributed by atoms with Crippen LogP contribution >= 0.6 is 22.6 Å². The highest BCUT2D eigenvalue weighted by Crippen LogP contribution is 2.19. The first kappa shape index (κ1) is 14.3. The van der Waals surface area contributed by atoms with Gasteiger partial charge in [-0.1, -0.05) is 19.1 Å². The molecule has 0 aromatic heterocycles. The fourth-order valence-corrected chi connectivity index (χ4v) is 2.82. The van der Waals surface area contributed by atoms with Crippen LogP contribution in [0.5, 0.6) is 0 Å². The summed E-state index contributed by atoms with van der Waals surface area (Å²) in [5, 5.41) is 3.65. The predicted octanol–water partition coefficient (Wildman–Crippen LogP) is 3.38. The zero-order valence-electron chi connectivity index (χ0n) is 11.0. The molecule has 1 aliphatic heterocycles. The van der Waals surface area contributed by atoms with Crippen molar-refractivity contribution in [2.75, 3.05) is 13.2 Å². The summed E-state index contributed by atoms with van der Waals surface area (Å²) in [5.74, 6) is 0. The molecule has 1 fully saturated rings. The molecule has 2 nitrogen and oxygen atoms in total. The van der Waals surface area contributed by atoms with Crippen LogP contribution in [0.2, 0.25) is 0 Å². The Kier molecular flexibility index (Phi) is 5.92. The predicted molar refractivity (Wildman–Crippen MR) is 83.9 cm³/mol. The van der Waals surface area contributed by atoms with Crippen LogP contribution in [-0.4, -0.2) is 25.3 Å². The lowest BCUT2D eigenvalue weighted by atomic mass is 9.99. The summed E-state index contributed by atoms with van der Waals surface area (Å²) in [6.07, 6.45) is 5.06. The van der Waals surface area contributed by atoms with E-state index in [0.717, 1.165) is 19.6 Å². The topological polar surface area (TPSA) is 21.3 Å². The monoisotopic (exact) mass is 359 g/mol. The smallest absolute Gasteiger partial charge is 0.0732 e. The van der Waals surface area contributed by atoms with Crippen molar-refractivity contribution in [2.45, 2.75) is 44.8 Å². The van der Waals surface area contributed by atoms with Crippen molar-refractivity contribution in [3.63, 3.8) is 0 Å². The van der Waals surface area contributed by atoms with Gasteiger partial charge in [-0.15, -0.1) is 0 Å². The molecular weight excluding hydrogens is 337 g/mol. The van der Waals surface area contributed by atoms with E-state index in [4.69, 9.17) is 4.74 Å². The van der Waals surface area contributed by atoms with Gasteiger partial charge in [-0.3, -0.25) is 0 Å². The standard InChI is InChI=1S/C15H22INO/c1-2-9-17-14(15-4-3-10-18-15)11-12-5-7-13(16)8-6-12/h5-8,14-15,17H,2-4,9-11H2,1H3. The van der Waals surface area contributed by atoms with Gasteiger partial charge in [0.05, 0.1) is 6.10 Å². The van der Waals surface area contributed by atoms with E-state index in [0.29, 0.717) is 12.1 Å². The molecule has 1 heterocycles. The molecule has 3 heteroatoms. The third kappa shape index (κ3) is 4.21. The van der Waals surface area contributed by atoms with Gasteiger partial charge >= 0.3 is 0 Å². The van der Waals surface area contributed by atoms with Gasteiger partial charge in [0.1, 0.15) is 0 Å². The van der Waals surface area contributed by atoms with Crippen LogP contribution < -0.4 is 5.32 Å². The Morgan fingerprint density at radius 2 is 2.17 bits per heavy atom. The molecule has 0 bridgehead atoms. The highest BCUT2D eigenvalue weighted by molar-refractivity contribution is 14.1. The van der Waals surface area contributed by atoms with Crippen LogP contribution in [-0.2, 0) is 11.2 Å². The molecule has 1 aromatic carbocycles. The molecule has 0 amide bonds. The van der Waals surface area contributed by atoms with Crippen molar-refractivity contribution in [3.8, 4) is 0 Å². The quantitative estimate of drug-likeness (QED) is 0.787. The van der Waals surface area contributed by atoms with E-state index in [1.54, 1.807) is 0 Å². The molecule has 0 spiro atoms. The second kappa shape index (κ2) is 7.46. The van der Waals surface area contributed by atoms with Gasteiger partial charge in [0.2, 0.25) is 0 Å². The first-order valence-electron chi connectivity index (χ1n) is 6.89. The molecular formula is C15H22INO. The van der Waals surface area contributed by atoms with E-state index < -0.39 is 0 Å². The number of halogens is 1. The van der Waals surface area contributed by atoms with Crippen molar-refractivity contribution in [1.29, 1.82) is 0 Å². The first-order chi connectivity index (χ1) is 8.79. The van der Waals surface area contributed by atoms with Crippen molar-refractivity contribution < 1.29 is 4.74 Å². The summed E-state index contributed by atoms with van der Waals surface area (Å²) < 4.78 is 7.14. The minimum Gasteiger partial charge on any atom is -0.377 e. The third-order valence-electron chi connectivity index (χ3n) is 3.44. The molecule has 0 saturated carbocycles. The van der Waals surface area contributed by atoms with Gasteiger partial charge in [0, 0.05) is 16.2 Å². The van der Waals surface area contributed by atoms with Gasteiger partial charge in [-0.25, -0.2) is 0 Å². The first-order valence-corrected chi connectivity index (χ1v) is 7.97. The second-order valence-corrected chi connectivity index (χ2v) is 6.19. The third-order valence-corrected chi connectivity index (χ3v) is 4.16. The van der Waals surface area contributed by atoms with Gasteiger partial charge in [-0.05, 0) is 72.5 Å². The zero-order valence-corrected chi connectivity index (χ0v) is 13.2. The number of benzene rings is 1. The Balaban J connectivity index is 1.97. The Morgan fingerprint density at radius 1 is 1.39 bits per heavy atom. The Hall–Kier alpha value is -0.130. The average molecular weight is 359 g/mol. The van der Waals surface area contributed by atoms with Gasteiger partial charge in [0.25, 0.3) is 0 Å². The molecule has 1 N–H and O–H groups in total. The van der Waals surface area contributed by atoms with E-state index >= 15 is 0 Å². The molecule has 0 aliphatic carbocycles. The fourth-order valence-electron chi connectivity index (χ4n) is 2.46. The Morgan fingerprint density at radius 3 is 2.78 bits per heavy atom. The zero-order chi connectivity index (χ0) is 12.8. The maximum atomic E-state index is 5.84. The number of nitrogens with one attached hydrogen (secondary N) is 1. The Labute approximate surface area is 124 Å². The lowest BCUT2D eigenvalue weighted by Gasteiger charge is -2.24. The van der Waals surface area contributed by atoms with Crippen LogP contribution in [0.4, 0.5) is 0 Å². The number of hydrogen-bond donors (Lipinski definition) is 1. The van der Waals surface area contributed by atoms with Crippen molar-refractivity contribution in [3.05, 3.63) is 33.4 Å². The lowest BCUT2D eigenvalue weighted by molar-refractivity contribution is 0.0784. The number of hydrogen-bond acceptors (Lipinski definition) is 2. The summed E-state index contributed by atoms with van der Waals surface area (Å²) in [6, 6.07) is 9.30. The summed E-state index contributed by atoms with van der Waals surface area (Å²) in [5.41, 5.74) is 1.40. The molecule has 2 atom stereocenters. The largest absolute Gasteiger partial charge is 0.377 e. The molecule has 100 valence electrons. The van der Waals surface area contributed by atoms with E-state index in [2.05, 4.69) is 59.1 Å². The molecule has 1 saturated heterocycles. The number of rotatable bonds is 6. The second-order valence-electron chi connectivity index (χ2n) is 4.94. The van der Waals surface area contributed by atoms with Gasteiger partial charge in [-0.2, -0.15) is 0 Å². The lowest BCUT2D eigenvalue weighted by Crippen LogP contribution is -2.41. The minimum absolute atomic E-state index is 0.399. The fraction of sp³-hybridized carbons (Fsp3) is 0.600. The van der Waals surface area contributed by atoms with Crippen LogP contribution in [0.3, 0.4) is 0 Å². The SMILES string of the molecule is CCCNC(Cc1ccc(I)cc1)C1CCCO1. The average Bonchev–Trinajstić information content (AvgIpc) is 2.90. The molecule has 0 radical (unpaired) electrons. The highest BCUT2D eigenvalue weighted by atomic mass is 127. The van der Waals surface area contributed by atoms with Crippen LogP contribution in [0.15, 0.2) is 24.3 Å². The maximum absolute atomic E-state index is 5.84. The molecule has 1 aromatic rings. The van der Waals surface area contributed by atoms with Crippen LogP contribution in [0, 0.1) is 3.57 Å². The molecule has 1 aliphatic rings. The van der Waals surface area contributed by atoms with Crippen molar-refractivity contribution in [1.82, 2.24) is 5.32 Å². The summed E-state index contributed by atoms with van der Waals surface area (Å²) in [4.78, 5) is 0. The van der Waals surface area contributed by atoms with E-state index in [-0.39, 0.29) is 0 Å². The van der Waals surface area contributed by atoms with Crippen LogP contribution in [0.25, 0.3) is 0 Å². The molecule has 2 rings (SSSR count). The van der Waals surface area contributed by atoms with Gasteiger partial charge < -0.3 is 10.1 Å².